The highest BCUT2D eigenvalue weighted by Gasteiger charge is 2.20. The van der Waals surface area contributed by atoms with Crippen molar-refractivity contribution in [2.45, 2.75) is 53.6 Å². The zero-order valence-corrected chi connectivity index (χ0v) is 13.4. The SMILES string of the molecule is CC(=O)OC(C=C(C)C)C(=O)/C(C)=C\CC/C(C)=C/C=O. The summed E-state index contributed by atoms with van der Waals surface area (Å²) >= 11 is 0. The maximum absolute atomic E-state index is 12.3. The molecule has 0 aliphatic heterocycles. The van der Waals surface area contributed by atoms with Crippen molar-refractivity contribution >= 4 is 18.0 Å². The van der Waals surface area contributed by atoms with Crippen LogP contribution in [0.4, 0.5) is 0 Å². The van der Waals surface area contributed by atoms with Crippen molar-refractivity contribution in [2.24, 2.45) is 0 Å². The van der Waals surface area contributed by atoms with Gasteiger partial charge >= 0.3 is 5.97 Å². The van der Waals surface area contributed by atoms with E-state index in [2.05, 4.69) is 0 Å². The highest BCUT2D eigenvalue weighted by Crippen LogP contribution is 2.11. The van der Waals surface area contributed by atoms with Gasteiger partial charge in [-0.25, -0.2) is 0 Å². The van der Waals surface area contributed by atoms with Crippen LogP contribution in [-0.4, -0.2) is 24.1 Å². The van der Waals surface area contributed by atoms with Gasteiger partial charge in [-0.15, -0.1) is 0 Å². The molecule has 0 aliphatic carbocycles. The van der Waals surface area contributed by atoms with Crippen molar-refractivity contribution in [3.8, 4) is 0 Å². The van der Waals surface area contributed by atoms with Crippen molar-refractivity contribution in [1.82, 2.24) is 0 Å². The molecular formula is C17H24O4. The number of ether oxygens (including phenoxy) is 1. The second kappa shape index (κ2) is 9.86. The molecule has 0 amide bonds. The van der Waals surface area contributed by atoms with Crippen LogP contribution in [0, 0.1) is 0 Å². The quantitative estimate of drug-likeness (QED) is 0.298. The molecule has 0 aromatic rings. The smallest absolute Gasteiger partial charge is 0.303 e. The Balaban J connectivity index is 4.83. The second-order valence-corrected chi connectivity index (χ2v) is 5.21. The molecule has 0 saturated heterocycles. The van der Waals surface area contributed by atoms with Gasteiger partial charge in [-0.1, -0.05) is 17.2 Å². The standard InChI is InChI=1S/C17H24O4/c1-12(2)11-16(21-15(5)19)17(20)14(4)8-6-7-13(3)9-10-18/h8-11,16H,6-7H2,1-5H3/b13-9+,14-8-. The number of aldehydes is 1. The lowest BCUT2D eigenvalue weighted by Gasteiger charge is -2.13. The van der Waals surface area contributed by atoms with E-state index in [0.717, 1.165) is 17.4 Å². The van der Waals surface area contributed by atoms with Crippen molar-refractivity contribution in [1.29, 1.82) is 0 Å². The summed E-state index contributed by atoms with van der Waals surface area (Å²) in [7, 11) is 0. The van der Waals surface area contributed by atoms with Gasteiger partial charge < -0.3 is 4.74 Å². The van der Waals surface area contributed by atoms with Crippen LogP contribution in [0.2, 0.25) is 0 Å². The molecule has 0 saturated carbocycles. The number of esters is 1. The molecule has 0 spiro atoms. The van der Waals surface area contributed by atoms with Crippen LogP contribution in [0.3, 0.4) is 0 Å². The van der Waals surface area contributed by atoms with Gasteiger partial charge in [0.15, 0.2) is 6.10 Å². The fourth-order valence-corrected chi connectivity index (χ4v) is 1.69. The summed E-state index contributed by atoms with van der Waals surface area (Å²) in [5, 5.41) is 0. The molecule has 0 rings (SSSR count). The topological polar surface area (TPSA) is 60.4 Å². The average molecular weight is 292 g/mol. The molecule has 0 heterocycles. The molecule has 4 nitrogen and oxygen atoms in total. The Labute approximate surface area is 126 Å². The first kappa shape index (κ1) is 19.0. The fraction of sp³-hybridized carbons (Fsp3) is 0.471. The average Bonchev–Trinajstić information content (AvgIpc) is 2.36. The number of hydrogen-bond donors (Lipinski definition) is 0. The van der Waals surface area contributed by atoms with E-state index in [1.807, 2.05) is 20.8 Å². The van der Waals surface area contributed by atoms with Gasteiger partial charge in [0.25, 0.3) is 0 Å². The predicted octanol–water partition coefficient (Wildman–Crippen LogP) is 3.33. The van der Waals surface area contributed by atoms with Gasteiger partial charge in [-0.3, -0.25) is 14.4 Å². The molecule has 0 bridgehead atoms. The van der Waals surface area contributed by atoms with Gasteiger partial charge in [0.1, 0.15) is 6.29 Å². The molecular weight excluding hydrogens is 268 g/mol. The number of hydrogen-bond acceptors (Lipinski definition) is 4. The van der Waals surface area contributed by atoms with Crippen LogP contribution in [0.25, 0.3) is 0 Å². The number of carbonyl (C=O) groups excluding carboxylic acids is 3. The maximum atomic E-state index is 12.3. The summed E-state index contributed by atoms with van der Waals surface area (Å²) in [5.74, 6) is -0.702. The molecule has 0 fully saturated rings. The first-order chi connectivity index (χ1) is 9.77. The zero-order chi connectivity index (χ0) is 16.4. The Morgan fingerprint density at radius 3 is 2.19 bits per heavy atom. The molecule has 0 aliphatic rings. The molecule has 0 N–H and O–H groups in total. The third-order valence-electron chi connectivity index (χ3n) is 2.77. The van der Waals surface area contributed by atoms with Gasteiger partial charge in [-0.2, -0.15) is 0 Å². The highest BCUT2D eigenvalue weighted by atomic mass is 16.5. The third kappa shape index (κ3) is 8.74. The Morgan fingerprint density at radius 2 is 1.71 bits per heavy atom. The van der Waals surface area contributed by atoms with E-state index in [1.165, 1.54) is 13.0 Å². The van der Waals surface area contributed by atoms with Gasteiger partial charge in [0.05, 0.1) is 0 Å². The second-order valence-electron chi connectivity index (χ2n) is 5.21. The Morgan fingerprint density at radius 1 is 1.10 bits per heavy atom. The summed E-state index contributed by atoms with van der Waals surface area (Å²) in [6, 6.07) is 0. The van der Waals surface area contributed by atoms with E-state index in [0.29, 0.717) is 18.4 Å². The molecule has 0 aromatic heterocycles. The number of rotatable bonds is 8. The van der Waals surface area contributed by atoms with Crippen LogP contribution in [0.5, 0.6) is 0 Å². The summed E-state index contributed by atoms with van der Waals surface area (Å²) in [5.41, 5.74) is 2.42. The van der Waals surface area contributed by atoms with Gasteiger partial charge in [-0.05, 0) is 58.3 Å². The van der Waals surface area contributed by atoms with E-state index in [4.69, 9.17) is 4.74 Å². The van der Waals surface area contributed by atoms with Gasteiger partial charge in [0, 0.05) is 6.92 Å². The van der Waals surface area contributed by atoms with Crippen LogP contribution < -0.4 is 0 Å². The molecule has 1 unspecified atom stereocenters. The molecule has 4 heteroatoms. The summed E-state index contributed by atoms with van der Waals surface area (Å²) in [6.07, 6.45) is 6.21. The normalized spacial score (nSPS) is 13.4. The number of carbonyl (C=O) groups is 3. The summed E-state index contributed by atoms with van der Waals surface area (Å²) in [6.45, 7) is 8.54. The van der Waals surface area contributed by atoms with Crippen molar-refractivity contribution < 1.29 is 19.1 Å². The first-order valence-corrected chi connectivity index (χ1v) is 6.92. The largest absolute Gasteiger partial charge is 0.450 e. The van der Waals surface area contributed by atoms with E-state index in [1.54, 1.807) is 19.1 Å². The number of allylic oxidation sites excluding steroid dienone is 4. The lowest BCUT2D eigenvalue weighted by atomic mass is 10.0. The molecule has 0 radical (unpaired) electrons. The molecule has 21 heavy (non-hydrogen) atoms. The minimum absolute atomic E-state index is 0.219. The predicted molar refractivity (Wildman–Crippen MR) is 82.8 cm³/mol. The Kier molecular flexibility index (Phi) is 8.93. The summed E-state index contributed by atoms with van der Waals surface area (Å²) < 4.78 is 5.05. The lowest BCUT2D eigenvalue weighted by molar-refractivity contribution is -0.149. The van der Waals surface area contributed by atoms with Crippen LogP contribution in [0.15, 0.2) is 34.9 Å². The van der Waals surface area contributed by atoms with Crippen LogP contribution in [-0.2, 0) is 19.1 Å². The molecule has 116 valence electrons. The van der Waals surface area contributed by atoms with E-state index < -0.39 is 12.1 Å². The Hall–Kier alpha value is -1.97. The van der Waals surface area contributed by atoms with Crippen LogP contribution in [0.1, 0.15) is 47.5 Å². The van der Waals surface area contributed by atoms with Crippen molar-refractivity contribution in [3.63, 3.8) is 0 Å². The van der Waals surface area contributed by atoms with Crippen LogP contribution >= 0.6 is 0 Å². The summed E-state index contributed by atoms with van der Waals surface area (Å²) in [4.78, 5) is 33.6. The zero-order valence-electron chi connectivity index (χ0n) is 13.4. The van der Waals surface area contributed by atoms with E-state index in [-0.39, 0.29) is 5.78 Å². The lowest BCUT2D eigenvalue weighted by Crippen LogP contribution is -2.25. The van der Waals surface area contributed by atoms with E-state index >= 15 is 0 Å². The minimum atomic E-state index is -0.865. The van der Waals surface area contributed by atoms with Crippen molar-refractivity contribution in [2.75, 3.05) is 0 Å². The van der Waals surface area contributed by atoms with Crippen molar-refractivity contribution in [3.05, 3.63) is 34.9 Å². The fourth-order valence-electron chi connectivity index (χ4n) is 1.69. The monoisotopic (exact) mass is 292 g/mol. The third-order valence-corrected chi connectivity index (χ3v) is 2.77. The maximum Gasteiger partial charge on any atom is 0.303 e. The molecule has 0 aromatic carbocycles. The first-order valence-electron chi connectivity index (χ1n) is 6.92. The Bertz CT molecular complexity index is 477. The van der Waals surface area contributed by atoms with Gasteiger partial charge in [0.2, 0.25) is 5.78 Å². The highest BCUT2D eigenvalue weighted by molar-refractivity contribution is 6.00. The number of Topliss-reactive ketones (excluding diaryl/α,β-unsaturated/α-hetero) is 1. The van der Waals surface area contributed by atoms with E-state index in [9.17, 15) is 14.4 Å². The minimum Gasteiger partial charge on any atom is -0.450 e. The number of ketones is 1. The molecule has 1 atom stereocenters.